The van der Waals surface area contributed by atoms with Crippen LogP contribution in [0.2, 0.25) is 5.02 Å². The van der Waals surface area contributed by atoms with Gasteiger partial charge in [-0.2, -0.15) is 0 Å². The number of ether oxygens (including phenoxy) is 2. The van der Waals surface area contributed by atoms with E-state index in [1.165, 1.54) is 35.1 Å². The van der Waals surface area contributed by atoms with Crippen LogP contribution in [0.4, 0.5) is 15.8 Å². The molecule has 0 saturated carbocycles. The van der Waals surface area contributed by atoms with Crippen LogP contribution in [0.3, 0.4) is 0 Å². The lowest BCUT2D eigenvalue weighted by molar-refractivity contribution is -0.124. The molecule has 0 aliphatic carbocycles. The third-order valence-electron chi connectivity index (χ3n) is 6.07. The maximum atomic E-state index is 14.5. The highest BCUT2D eigenvalue weighted by Gasteiger charge is 2.44. The van der Waals surface area contributed by atoms with Crippen molar-refractivity contribution in [3.63, 3.8) is 0 Å². The van der Waals surface area contributed by atoms with E-state index in [-0.39, 0.29) is 29.7 Å². The van der Waals surface area contributed by atoms with Crippen molar-refractivity contribution in [2.75, 3.05) is 23.9 Å². The number of rotatable bonds is 9. The van der Waals surface area contributed by atoms with Crippen LogP contribution in [-0.2, 0) is 20.9 Å². The minimum absolute atomic E-state index is 0.0240. The first kappa shape index (κ1) is 28.0. The van der Waals surface area contributed by atoms with E-state index < -0.39 is 29.6 Å². The molecule has 0 unspecified atom stereocenters. The Kier molecular flexibility index (Phi) is 8.78. The van der Waals surface area contributed by atoms with Gasteiger partial charge in [0.1, 0.15) is 17.6 Å². The third kappa shape index (κ3) is 6.18. The summed E-state index contributed by atoms with van der Waals surface area (Å²) in [5.41, 5.74) is 1.49. The number of thiocarbonyl (C=S) groups is 1. The molecule has 202 valence electrons. The first-order chi connectivity index (χ1) is 18.7. The molecule has 1 aliphatic heterocycles. The number of benzene rings is 3. The zero-order valence-electron chi connectivity index (χ0n) is 21.1. The molecule has 0 spiro atoms. The maximum Gasteiger partial charge on any atom is 0.338 e. The summed E-state index contributed by atoms with van der Waals surface area (Å²) in [6, 6.07) is 16.1. The quantitative estimate of drug-likeness (QED) is 0.280. The monoisotopic (exact) mass is 569 g/mol. The third-order valence-corrected chi connectivity index (χ3v) is 6.78. The Morgan fingerprint density at radius 1 is 1.10 bits per heavy atom. The molecule has 39 heavy (non-hydrogen) atoms. The highest BCUT2D eigenvalue weighted by molar-refractivity contribution is 7.80. The van der Waals surface area contributed by atoms with Crippen molar-refractivity contribution in [2.45, 2.75) is 25.9 Å². The van der Waals surface area contributed by atoms with Gasteiger partial charge in [0.25, 0.3) is 5.91 Å². The fraction of sp³-hybridized carbons (Fsp3) is 0.214. The van der Waals surface area contributed by atoms with Crippen molar-refractivity contribution in [3.8, 4) is 5.75 Å². The first-order valence-electron chi connectivity index (χ1n) is 12.0. The van der Waals surface area contributed by atoms with Crippen LogP contribution >= 0.6 is 23.8 Å². The fourth-order valence-electron chi connectivity index (χ4n) is 4.15. The zero-order valence-corrected chi connectivity index (χ0v) is 22.7. The number of amides is 2. The number of hydrogen-bond acceptors (Lipinski definition) is 6. The van der Waals surface area contributed by atoms with Gasteiger partial charge in [0.15, 0.2) is 5.11 Å². The SMILES string of the molecule is CCOC(=O)c1ccc(NC(=O)C[C@@H]2C(=O)N(c3ccc(OC)c(Cl)c3)C(=S)N2Cc2ccccc2F)cc1. The normalized spacial score (nSPS) is 14.9. The highest BCUT2D eigenvalue weighted by Crippen LogP contribution is 2.34. The van der Waals surface area contributed by atoms with Gasteiger partial charge in [-0.1, -0.05) is 29.8 Å². The van der Waals surface area contributed by atoms with Gasteiger partial charge in [-0.05, 0) is 67.7 Å². The van der Waals surface area contributed by atoms with E-state index in [1.54, 1.807) is 55.5 Å². The van der Waals surface area contributed by atoms with Gasteiger partial charge in [-0.15, -0.1) is 0 Å². The standard InChI is InChI=1S/C28H25ClFN3O5S/c1-3-38-27(36)17-8-10-19(11-9-17)31-25(34)15-23-26(35)33(20-12-13-24(37-2)21(29)14-20)28(39)32(23)16-18-6-4-5-7-22(18)30/h4-14,23H,3,15-16H2,1-2H3,(H,31,34)/t23-/m1/s1. The van der Waals surface area contributed by atoms with Crippen LogP contribution in [0.25, 0.3) is 0 Å². The summed E-state index contributed by atoms with van der Waals surface area (Å²) in [5, 5.41) is 3.12. The number of halogens is 2. The van der Waals surface area contributed by atoms with Crippen LogP contribution < -0.4 is 15.0 Å². The van der Waals surface area contributed by atoms with E-state index in [0.29, 0.717) is 28.3 Å². The van der Waals surface area contributed by atoms with Crippen LogP contribution in [0.1, 0.15) is 29.3 Å². The molecule has 4 rings (SSSR count). The molecule has 3 aromatic rings. The number of carbonyl (C=O) groups excluding carboxylic acids is 3. The molecule has 8 nitrogen and oxygen atoms in total. The van der Waals surface area contributed by atoms with Crippen LogP contribution in [-0.4, -0.2) is 47.6 Å². The molecule has 1 heterocycles. The van der Waals surface area contributed by atoms with Gasteiger partial charge in [-0.25, -0.2) is 9.18 Å². The maximum absolute atomic E-state index is 14.5. The van der Waals surface area contributed by atoms with Crippen molar-refractivity contribution in [1.82, 2.24) is 4.90 Å². The van der Waals surface area contributed by atoms with Crippen molar-refractivity contribution in [1.29, 1.82) is 0 Å². The zero-order chi connectivity index (χ0) is 28.1. The number of hydrogen-bond donors (Lipinski definition) is 1. The van der Waals surface area contributed by atoms with Crippen molar-refractivity contribution in [2.24, 2.45) is 0 Å². The Labute approximate surface area is 235 Å². The number of nitrogens with one attached hydrogen (secondary N) is 1. The topological polar surface area (TPSA) is 88.2 Å². The van der Waals surface area contributed by atoms with E-state index in [9.17, 15) is 18.8 Å². The molecule has 0 aromatic heterocycles. The minimum atomic E-state index is -1.00. The minimum Gasteiger partial charge on any atom is -0.495 e. The molecule has 1 aliphatic rings. The molecular formula is C28H25ClFN3O5S. The van der Waals surface area contributed by atoms with Crippen LogP contribution in [0.5, 0.6) is 5.75 Å². The molecule has 1 atom stereocenters. The number of methoxy groups -OCH3 is 1. The van der Waals surface area contributed by atoms with Gasteiger partial charge in [0, 0.05) is 17.8 Å². The fourth-order valence-corrected chi connectivity index (χ4v) is 4.79. The lowest BCUT2D eigenvalue weighted by Gasteiger charge is -2.24. The second-order valence-corrected chi connectivity index (χ2v) is 9.33. The van der Waals surface area contributed by atoms with E-state index in [4.69, 9.17) is 33.3 Å². The summed E-state index contributed by atoms with van der Waals surface area (Å²) >= 11 is 11.9. The van der Waals surface area contributed by atoms with E-state index in [2.05, 4.69) is 5.32 Å². The second-order valence-electron chi connectivity index (χ2n) is 8.56. The number of nitrogens with zero attached hydrogens (tertiary/aromatic N) is 2. The average Bonchev–Trinajstić information content (AvgIpc) is 3.14. The molecule has 1 N–H and O–H groups in total. The largest absolute Gasteiger partial charge is 0.495 e. The summed E-state index contributed by atoms with van der Waals surface area (Å²) in [7, 11) is 1.47. The predicted molar refractivity (Wildman–Crippen MR) is 149 cm³/mol. The number of carbonyl (C=O) groups is 3. The van der Waals surface area contributed by atoms with Crippen molar-refractivity contribution >= 4 is 58.1 Å². The molecule has 1 fully saturated rings. The van der Waals surface area contributed by atoms with Crippen LogP contribution in [0.15, 0.2) is 66.7 Å². The lowest BCUT2D eigenvalue weighted by atomic mass is 10.1. The second kappa shape index (κ2) is 12.2. The number of anilines is 2. The molecule has 2 amide bonds. The summed E-state index contributed by atoms with van der Waals surface area (Å²) < 4.78 is 24.7. The van der Waals surface area contributed by atoms with E-state index in [1.807, 2.05) is 0 Å². The van der Waals surface area contributed by atoms with Gasteiger partial charge >= 0.3 is 5.97 Å². The lowest BCUT2D eigenvalue weighted by Crippen LogP contribution is -2.37. The van der Waals surface area contributed by atoms with Crippen molar-refractivity contribution < 1.29 is 28.2 Å². The Morgan fingerprint density at radius 2 is 1.82 bits per heavy atom. The molecule has 0 bridgehead atoms. The average molecular weight is 570 g/mol. The Morgan fingerprint density at radius 3 is 2.46 bits per heavy atom. The van der Waals surface area contributed by atoms with Gasteiger partial charge in [0.05, 0.1) is 36.4 Å². The van der Waals surface area contributed by atoms with Gasteiger partial charge in [0.2, 0.25) is 5.91 Å². The summed E-state index contributed by atoms with van der Waals surface area (Å²) in [6.07, 6.45) is -0.257. The van der Waals surface area contributed by atoms with Gasteiger partial charge in [-0.3, -0.25) is 14.5 Å². The van der Waals surface area contributed by atoms with Crippen LogP contribution in [0, 0.1) is 5.82 Å². The van der Waals surface area contributed by atoms with Gasteiger partial charge < -0.3 is 19.7 Å². The smallest absolute Gasteiger partial charge is 0.338 e. The van der Waals surface area contributed by atoms with E-state index >= 15 is 0 Å². The Balaban J connectivity index is 1.58. The summed E-state index contributed by atoms with van der Waals surface area (Å²) in [4.78, 5) is 41.4. The number of esters is 1. The van der Waals surface area contributed by atoms with E-state index in [0.717, 1.165) is 0 Å². The highest BCUT2D eigenvalue weighted by atomic mass is 35.5. The molecular weight excluding hydrogens is 545 g/mol. The molecule has 0 radical (unpaired) electrons. The Bertz CT molecular complexity index is 1420. The molecule has 11 heteroatoms. The predicted octanol–water partition coefficient (Wildman–Crippen LogP) is 5.20. The Hall–Kier alpha value is -4.02. The molecule has 3 aromatic carbocycles. The summed E-state index contributed by atoms with van der Waals surface area (Å²) in [5.74, 6) is -1.42. The van der Waals surface area contributed by atoms with Crippen molar-refractivity contribution in [3.05, 3.63) is 88.7 Å². The summed E-state index contributed by atoms with van der Waals surface area (Å²) in [6.45, 7) is 1.93. The molecule has 1 saturated heterocycles. The first-order valence-corrected chi connectivity index (χ1v) is 12.8.